The second kappa shape index (κ2) is 9.33. The van der Waals surface area contributed by atoms with Crippen LogP contribution in [0.25, 0.3) is 11.1 Å². The van der Waals surface area contributed by atoms with E-state index in [0.29, 0.717) is 29.7 Å². The largest absolute Gasteiger partial charge is 0.493 e. The molecule has 3 rings (SSSR count). The highest BCUT2D eigenvalue weighted by Crippen LogP contribution is 2.46. The number of rotatable bonds is 8. The summed E-state index contributed by atoms with van der Waals surface area (Å²) in [5.41, 5.74) is 1.57. The summed E-state index contributed by atoms with van der Waals surface area (Å²) < 4.78 is 59.4. The number of esters is 1. The van der Waals surface area contributed by atoms with E-state index in [2.05, 4.69) is 0 Å². The Morgan fingerprint density at radius 2 is 1.64 bits per heavy atom. The minimum Gasteiger partial charge on any atom is -0.493 e. The molecule has 9 heteroatoms. The van der Waals surface area contributed by atoms with Gasteiger partial charge in [-0.25, -0.2) is 0 Å². The van der Waals surface area contributed by atoms with E-state index in [4.69, 9.17) is 18.9 Å². The minimum absolute atomic E-state index is 0.0625. The molecular formula is C24H25F3O6. The highest BCUT2D eigenvalue weighted by molar-refractivity contribution is 6.02. The molecule has 0 spiro atoms. The summed E-state index contributed by atoms with van der Waals surface area (Å²) in [7, 11) is 2.89. The lowest BCUT2D eigenvalue weighted by Crippen LogP contribution is -2.36. The van der Waals surface area contributed by atoms with Gasteiger partial charge in [-0.15, -0.1) is 0 Å². The van der Waals surface area contributed by atoms with Crippen molar-refractivity contribution in [2.45, 2.75) is 44.9 Å². The van der Waals surface area contributed by atoms with Gasteiger partial charge in [0.25, 0.3) is 0 Å². The molecule has 33 heavy (non-hydrogen) atoms. The first-order valence-corrected chi connectivity index (χ1v) is 10.3. The average molecular weight is 466 g/mol. The van der Waals surface area contributed by atoms with Crippen LogP contribution in [-0.4, -0.2) is 44.4 Å². The molecule has 0 fully saturated rings. The van der Waals surface area contributed by atoms with Crippen LogP contribution in [0.2, 0.25) is 0 Å². The maximum Gasteiger partial charge on any atom is 0.399 e. The molecule has 0 bridgehead atoms. The van der Waals surface area contributed by atoms with Gasteiger partial charge in [-0.2, -0.15) is 13.2 Å². The molecule has 0 radical (unpaired) electrons. The molecular weight excluding hydrogens is 441 g/mol. The van der Waals surface area contributed by atoms with Crippen molar-refractivity contribution in [3.8, 4) is 28.4 Å². The molecule has 0 atom stereocenters. The second-order valence-corrected chi connectivity index (χ2v) is 8.25. The third-order valence-corrected chi connectivity index (χ3v) is 5.17. The highest BCUT2D eigenvalue weighted by Gasteiger charge is 2.35. The van der Waals surface area contributed by atoms with Gasteiger partial charge in [-0.1, -0.05) is 18.2 Å². The lowest BCUT2D eigenvalue weighted by atomic mass is 9.95. The molecule has 1 aliphatic rings. The topological polar surface area (TPSA) is 71.1 Å². The standard InChI is InChI=1S/C24H25F3O6/c1-23(2,33-20(29)12-24(25,26)27)13-32-21-17(9-11-19(30-3)22(21)31-4)14-6-5-7-16-15(14)8-10-18(16)28/h5-7,9,11H,8,10,12-13H2,1-4H3. The Morgan fingerprint density at radius 1 is 0.939 bits per heavy atom. The number of hydrogen-bond acceptors (Lipinski definition) is 6. The molecule has 0 saturated carbocycles. The highest BCUT2D eigenvalue weighted by atomic mass is 19.4. The number of carbonyl (C=O) groups excluding carboxylic acids is 2. The summed E-state index contributed by atoms with van der Waals surface area (Å²) in [5, 5.41) is 0. The van der Waals surface area contributed by atoms with Crippen LogP contribution >= 0.6 is 0 Å². The Morgan fingerprint density at radius 3 is 2.27 bits per heavy atom. The van der Waals surface area contributed by atoms with Crippen LogP contribution in [0, 0.1) is 0 Å². The van der Waals surface area contributed by atoms with Gasteiger partial charge in [-0.3, -0.25) is 9.59 Å². The molecule has 2 aromatic rings. The van der Waals surface area contributed by atoms with Crippen LogP contribution < -0.4 is 14.2 Å². The van der Waals surface area contributed by atoms with Gasteiger partial charge in [0.15, 0.2) is 17.3 Å². The van der Waals surface area contributed by atoms with Crippen LogP contribution in [0.15, 0.2) is 30.3 Å². The first-order valence-electron chi connectivity index (χ1n) is 10.3. The van der Waals surface area contributed by atoms with E-state index in [9.17, 15) is 22.8 Å². The van der Waals surface area contributed by atoms with E-state index in [0.717, 1.165) is 11.1 Å². The number of ketones is 1. The van der Waals surface area contributed by atoms with Gasteiger partial charge in [0.05, 0.1) is 14.2 Å². The lowest BCUT2D eigenvalue weighted by molar-refractivity contribution is -0.182. The molecule has 0 unspecified atom stereocenters. The van der Waals surface area contributed by atoms with Crippen LogP contribution in [0.5, 0.6) is 17.2 Å². The molecule has 0 aromatic heterocycles. The van der Waals surface area contributed by atoms with Gasteiger partial charge >= 0.3 is 12.1 Å². The minimum atomic E-state index is -4.66. The fourth-order valence-electron chi connectivity index (χ4n) is 3.78. The first kappa shape index (κ1) is 24.4. The number of ether oxygens (including phenoxy) is 4. The van der Waals surface area contributed by atoms with Crippen molar-refractivity contribution in [2.75, 3.05) is 20.8 Å². The second-order valence-electron chi connectivity index (χ2n) is 8.25. The zero-order valence-corrected chi connectivity index (χ0v) is 18.8. The molecule has 0 aliphatic heterocycles. The zero-order chi connectivity index (χ0) is 24.4. The summed E-state index contributed by atoms with van der Waals surface area (Å²) in [4.78, 5) is 23.9. The Kier molecular flexibility index (Phi) is 6.90. The fourth-order valence-corrected chi connectivity index (χ4v) is 3.78. The Hall–Kier alpha value is -3.23. The van der Waals surface area contributed by atoms with Crippen molar-refractivity contribution < 1.29 is 41.7 Å². The van der Waals surface area contributed by atoms with Crippen molar-refractivity contribution in [1.29, 1.82) is 0 Å². The Bertz CT molecular complexity index is 1060. The summed E-state index contributed by atoms with van der Waals surface area (Å²) in [6.45, 7) is 2.65. The van der Waals surface area contributed by atoms with Crippen LogP contribution in [0.4, 0.5) is 13.2 Å². The summed E-state index contributed by atoms with van der Waals surface area (Å²) in [6.07, 6.45) is -5.35. The molecule has 0 saturated heterocycles. The summed E-state index contributed by atoms with van der Waals surface area (Å²) in [6, 6.07) is 8.88. The smallest absolute Gasteiger partial charge is 0.399 e. The van der Waals surface area contributed by atoms with E-state index in [1.807, 2.05) is 6.07 Å². The van der Waals surface area contributed by atoms with Gasteiger partial charge < -0.3 is 18.9 Å². The number of methoxy groups -OCH3 is 2. The number of benzene rings is 2. The van der Waals surface area contributed by atoms with E-state index >= 15 is 0 Å². The zero-order valence-electron chi connectivity index (χ0n) is 18.8. The normalized spacial score (nSPS) is 13.5. The van der Waals surface area contributed by atoms with E-state index in [1.54, 1.807) is 24.3 Å². The lowest BCUT2D eigenvalue weighted by Gasteiger charge is -2.27. The van der Waals surface area contributed by atoms with Crippen molar-refractivity contribution in [3.63, 3.8) is 0 Å². The molecule has 2 aromatic carbocycles. The van der Waals surface area contributed by atoms with E-state index in [1.165, 1.54) is 28.1 Å². The van der Waals surface area contributed by atoms with Crippen molar-refractivity contribution in [3.05, 3.63) is 41.5 Å². The summed E-state index contributed by atoms with van der Waals surface area (Å²) in [5.74, 6) is -0.411. The molecule has 0 heterocycles. The quantitative estimate of drug-likeness (QED) is 0.501. The summed E-state index contributed by atoms with van der Waals surface area (Å²) >= 11 is 0. The number of Topliss-reactive ketones (excluding diaryl/α,β-unsaturated/α-hetero) is 1. The fraction of sp³-hybridized carbons (Fsp3) is 0.417. The predicted molar refractivity (Wildman–Crippen MR) is 114 cm³/mol. The van der Waals surface area contributed by atoms with Gasteiger partial charge in [-0.05, 0) is 43.5 Å². The van der Waals surface area contributed by atoms with Crippen molar-refractivity contribution >= 4 is 11.8 Å². The third kappa shape index (κ3) is 5.58. The van der Waals surface area contributed by atoms with E-state index in [-0.39, 0.29) is 23.9 Å². The maximum atomic E-state index is 12.5. The number of halogens is 3. The van der Waals surface area contributed by atoms with Crippen LogP contribution in [-0.2, 0) is 16.0 Å². The maximum absolute atomic E-state index is 12.5. The molecule has 0 amide bonds. The number of carbonyl (C=O) groups is 2. The predicted octanol–water partition coefficient (Wildman–Crippen LogP) is 5.15. The van der Waals surface area contributed by atoms with Crippen LogP contribution in [0.3, 0.4) is 0 Å². The van der Waals surface area contributed by atoms with Crippen molar-refractivity contribution in [2.24, 2.45) is 0 Å². The Balaban J connectivity index is 1.96. The molecule has 0 N–H and O–H groups in total. The average Bonchev–Trinajstić information content (AvgIpc) is 3.10. The number of fused-ring (bicyclic) bond motifs is 1. The third-order valence-electron chi connectivity index (χ3n) is 5.17. The number of alkyl halides is 3. The molecule has 1 aliphatic carbocycles. The number of hydrogen-bond donors (Lipinski definition) is 0. The van der Waals surface area contributed by atoms with Gasteiger partial charge in [0.2, 0.25) is 5.75 Å². The Labute approximate surface area is 189 Å². The van der Waals surface area contributed by atoms with Crippen molar-refractivity contribution in [1.82, 2.24) is 0 Å². The molecule has 6 nitrogen and oxygen atoms in total. The monoisotopic (exact) mass is 466 g/mol. The van der Waals surface area contributed by atoms with Gasteiger partial charge in [0.1, 0.15) is 18.6 Å². The molecule has 178 valence electrons. The van der Waals surface area contributed by atoms with Crippen LogP contribution in [0.1, 0.15) is 42.6 Å². The first-order chi connectivity index (χ1) is 15.5. The van der Waals surface area contributed by atoms with Gasteiger partial charge in [0, 0.05) is 17.5 Å². The SMILES string of the molecule is COc1ccc(-c2cccc3c2CCC3=O)c(OCC(C)(C)OC(=O)CC(F)(F)F)c1OC. The van der Waals surface area contributed by atoms with E-state index < -0.39 is 24.2 Å².